The highest BCUT2D eigenvalue weighted by Crippen LogP contribution is 2.42. The van der Waals surface area contributed by atoms with Gasteiger partial charge in [-0.05, 0) is 37.0 Å². The second-order valence-electron chi connectivity index (χ2n) is 8.93. The normalized spacial score (nSPS) is 18.5. The van der Waals surface area contributed by atoms with Crippen LogP contribution in [0.15, 0.2) is 60.2 Å². The summed E-state index contributed by atoms with van der Waals surface area (Å²) in [6, 6.07) is 8.18. The Bertz CT molecular complexity index is 737. The summed E-state index contributed by atoms with van der Waals surface area (Å²) in [5.41, 5.74) is 2.30. The molecule has 2 nitrogen and oxygen atoms in total. The van der Waals surface area contributed by atoms with Gasteiger partial charge in [-0.3, -0.25) is 4.79 Å². The molecule has 1 aromatic carbocycles. The topological polar surface area (TPSA) is 26.3 Å². The third-order valence-corrected chi connectivity index (χ3v) is 4.83. The predicted molar refractivity (Wildman–Crippen MR) is 110 cm³/mol. The smallest absolute Gasteiger partial charge is 0.185 e. The Kier molecular flexibility index (Phi) is 5.65. The van der Waals surface area contributed by atoms with Crippen molar-refractivity contribution in [3.63, 3.8) is 0 Å². The van der Waals surface area contributed by atoms with Gasteiger partial charge in [-0.1, -0.05) is 65.0 Å². The van der Waals surface area contributed by atoms with Crippen LogP contribution in [-0.2, 0) is 4.79 Å². The van der Waals surface area contributed by atoms with Gasteiger partial charge in [0.25, 0.3) is 0 Å². The van der Waals surface area contributed by atoms with E-state index >= 15 is 0 Å². The fourth-order valence-electron chi connectivity index (χ4n) is 3.14. The first kappa shape index (κ1) is 20.2. The predicted octanol–water partition coefficient (Wildman–Crippen LogP) is 6.25. The summed E-state index contributed by atoms with van der Waals surface area (Å²) < 4.78 is 5.74. The fraction of sp³-hybridized carbons (Fsp3) is 0.458. The van der Waals surface area contributed by atoms with E-state index in [4.69, 9.17) is 4.74 Å². The summed E-state index contributed by atoms with van der Waals surface area (Å²) in [5, 5.41) is 0. The van der Waals surface area contributed by atoms with Gasteiger partial charge in [0.2, 0.25) is 0 Å². The van der Waals surface area contributed by atoms with Crippen LogP contribution in [0, 0.1) is 10.8 Å². The Hall–Kier alpha value is -2.09. The lowest BCUT2D eigenvalue weighted by Crippen LogP contribution is -2.29. The average molecular weight is 353 g/mol. The first-order valence-corrected chi connectivity index (χ1v) is 9.35. The van der Waals surface area contributed by atoms with Crippen LogP contribution in [-0.4, -0.2) is 11.9 Å². The Morgan fingerprint density at radius 2 is 1.54 bits per heavy atom. The second kappa shape index (κ2) is 7.26. The molecule has 26 heavy (non-hydrogen) atoms. The summed E-state index contributed by atoms with van der Waals surface area (Å²) in [7, 11) is 0. The molecule has 0 saturated heterocycles. The molecule has 0 heterocycles. The van der Waals surface area contributed by atoms with E-state index in [-0.39, 0.29) is 28.6 Å². The van der Waals surface area contributed by atoms with Crippen LogP contribution in [0.5, 0.6) is 5.75 Å². The Morgan fingerprint density at radius 1 is 1.00 bits per heavy atom. The molecule has 1 atom stereocenters. The number of carbonyl (C=O) groups is 1. The molecule has 0 amide bonds. The van der Waals surface area contributed by atoms with E-state index in [1.54, 1.807) is 0 Å². The van der Waals surface area contributed by atoms with Gasteiger partial charge in [-0.2, -0.15) is 0 Å². The zero-order valence-electron chi connectivity index (χ0n) is 17.2. The van der Waals surface area contributed by atoms with Crippen molar-refractivity contribution in [3.8, 4) is 5.75 Å². The van der Waals surface area contributed by atoms with Crippen molar-refractivity contribution in [2.24, 2.45) is 10.8 Å². The van der Waals surface area contributed by atoms with Crippen molar-refractivity contribution in [1.82, 2.24) is 0 Å². The molecule has 0 fully saturated rings. The van der Waals surface area contributed by atoms with Crippen LogP contribution < -0.4 is 4.74 Å². The van der Waals surface area contributed by atoms with Crippen LogP contribution >= 0.6 is 0 Å². The molecule has 0 spiro atoms. The quantitative estimate of drug-likeness (QED) is 0.585. The number of ketones is 1. The summed E-state index contributed by atoms with van der Waals surface area (Å²) in [6.07, 6.45) is 6.22. The van der Waals surface area contributed by atoms with E-state index < -0.39 is 0 Å². The number of ether oxygens (including phenoxy) is 1. The first-order chi connectivity index (χ1) is 12.0. The Morgan fingerprint density at radius 3 is 2.00 bits per heavy atom. The highest BCUT2D eigenvalue weighted by atomic mass is 16.5. The maximum absolute atomic E-state index is 13.1. The summed E-state index contributed by atoms with van der Waals surface area (Å²) in [4.78, 5) is 13.1. The summed E-state index contributed by atoms with van der Waals surface area (Å²) in [5.74, 6) is 1.08. The molecular formula is C24H32O2. The molecule has 0 radical (unpaired) electrons. The van der Waals surface area contributed by atoms with Gasteiger partial charge in [0.1, 0.15) is 5.75 Å². The van der Waals surface area contributed by atoms with Crippen molar-refractivity contribution in [2.45, 2.75) is 60.5 Å². The van der Waals surface area contributed by atoms with Crippen LogP contribution in [0.2, 0.25) is 0 Å². The second-order valence-corrected chi connectivity index (χ2v) is 8.93. The molecule has 1 aromatic rings. The molecule has 1 unspecified atom stereocenters. The Labute approximate surface area is 158 Å². The van der Waals surface area contributed by atoms with Crippen molar-refractivity contribution in [3.05, 3.63) is 65.8 Å². The summed E-state index contributed by atoms with van der Waals surface area (Å²) >= 11 is 0. The lowest BCUT2D eigenvalue weighted by molar-refractivity contribution is -0.114. The highest BCUT2D eigenvalue weighted by Gasteiger charge is 2.36. The molecule has 0 aliphatic heterocycles. The van der Waals surface area contributed by atoms with Gasteiger partial charge in [0, 0.05) is 22.5 Å². The van der Waals surface area contributed by atoms with Crippen molar-refractivity contribution in [2.75, 3.05) is 0 Å². The van der Waals surface area contributed by atoms with Crippen LogP contribution in [0.3, 0.4) is 0 Å². The molecule has 140 valence electrons. The Balaban J connectivity index is 2.49. The van der Waals surface area contributed by atoms with E-state index in [0.717, 1.165) is 22.5 Å². The van der Waals surface area contributed by atoms with E-state index in [1.807, 2.05) is 45.9 Å². The monoisotopic (exact) mass is 352 g/mol. The van der Waals surface area contributed by atoms with Gasteiger partial charge >= 0.3 is 0 Å². The molecule has 2 heteroatoms. The van der Waals surface area contributed by atoms with Crippen molar-refractivity contribution >= 4 is 5.78 Å². The van der Waals surface area contributed by atoms with E-state index in [2.05, 4.69) is 51.6 Å². The van der Waals surface area contributed by atoms with Gasteiger partial charge < -0.3 is 4.74 Å². The van der Waals surface area contributed by atoms with Gasteiger partial charge in [-0.25, -0.2) is 0 Å². The van der Waals surface area contributed by atoms with Crippen LogP contribution in [0.1, 0.15) is 59.9 Å². The third-order valence-electron chi connectivity index (χ3n) is 4.83. The molecular weight excluding hydrogens is 320 g/mol. The number of hydrogen-bond donors (Lipinski definition) is 0. The van der Waals surface area contributed by atoms with Crippen molar-refractivity contribution in [1.29, 1.82) is 0 Å². The zero-order valence-corrected chi connectivity index (χ0v) is 17.2. The minimum Gasteiger partial charge on any atom is -0.491 e. The molecule has 0 bridgehead atoms. The third kappa shape index (κ3) is 4.35. The van der Waals surface area contributed by atoms with Gasteiger partial charge in [0.15, 0.2) is 5.78 Å². The standard InChI is InChI=1S/C24H32O2/c1-9-24(7,8)21-15-18(14-20(22(21)25)23(4,5)6)17-10-12-19(13-11-17)26-16(2)3/h9-16,18H,1H2,2-8H3. The molecule has 2 rings (SSSR count). The van der Waals surface area contributed by atoms with E-state index in [0.29, 0.717) is 0 Å². The molecule has 0 aromatic heterocycles. The number of Topliss-reactive ketones (excluding diaryl/α,β-unsaturated/α-hetero) is 1. The largest absolute Gasteiger partial charge is 0.491 e. The van der Waals surface area contributed by atoms with E-state index in [1.165, 1.54) is 0 Å². The maximum atomic E-state index is 13.1. The first-order valence-electron chi connectivity index (χ1n) is 9.35. The molecule has 0 N–H and O–H groups in total. The van der Waals surface area contributed by atoms with Gasteiger partial charge in [0.05, 0.1) is 6.10 Å². The summed E-state index contributed by atoms with van der Waals surface area (Å²) in [6.45, 7) is 18.4. The highest BCUT2D eigenvalue weighted by molar-refractivity contribution is 6.11. The number of allylic oxidation sites excluding steroid dienone is 5. The van der Waals surface area contributed by atoms with Crippen molar-refractivity contribution < 1.29 is 9.53 Å². The fourth-order valence-corrected chi connectivity index (χ4v) is 3.14. The number of benzene rings is 1. The van der Waals surface area contributed by atoms with Gasteiger partial charge in [-0.15, -0.1) is 6.58 Å². The van der Waals surface area contributed by atoms with E-state index in [9.17, 15) is 4.79 Å². The van der Waals surface area contributed by atoms with Crippen LogP contribution in [0.25, 0.3) is 0 Å². The lowest BCUT2D eigenvalue weighted by Gasteiger charge is -2.33. The van der Waals surface area contributed by atoms with Crippen LogP contribution in [0.4, 0.5) is 0 Å². The minimum absolute atomic E-state index is 0.0734. The molecule has 1 aliphatic carbocycles. The maximum Gasteiger partial charge on any atom is 0.185 e. The SMILES string of the molecule is C=CC(C)(C)C1=CC(c2ccc(OC(C)C)cc2)C=C(C(C)(C)C)C1=O. The minimum atomic E-state index is -0.360. The number of rotatable bonds is 5. The lowest BCUT2D eigenvalue weighted by atomic mass is 9.69. The zero-order chi connectivity index (χ0) is 19.7. The molecule has 1 aliphatic rings. The number of carbonyl (C=O) groups excluding carboxylic acids is 1. The molecule has 0 saturated carbocycles. The number of hydrogen-bond acceptors (Lipinski definition) is 2. The average Bonchev–Trinajstić information content (AvgIpc) is 2.54.